The zero-order chi connectivity index (χ0) is 9.97. The lowest BCUT2D eigenvalue weighted by Gasteiger charge is -2.13. The number of rotatable bonds is 2. The Hall–Kier alpha value is -0.670. The van der Waals surface area contributed by atoms with E-state index in [9.17, 15) is 9.32 Å². The molecule has 1 fully saturated rings. The fourth-order valence-electron chi connectivity index (χ4n) is 1.89. The number of hydrogen-bond acceptors (Lipinski definition) is 2. The van der Waals surface area contributed by atoms with E-state index in [1.54, 1.807) is 0 Å². The molecule has 1 saturated carbocycles. The predicted molar refractivity (Wildman–Crippen MR) is 56.5 cm³/mol. The highest BCUT2D eigenvalue weighted by Gasteiger charge is 2.30. The van der Waals surface area contributed by atoms with Gasteiger partial charge < -0.3 is 5.11 Å². The summed E-state index contributed by atoms with van der Waals surface area (Å²) in [6.45, 7) is 0. The molecule has 0 aromatic heterocycles. The first-order valence-electron chi connectivity index (χ1n) is 4.93. The van der Waals surface area contributed by atoms with Gasteiger partial charge in [0.1, 0.15) is 0 Å². The highest BCUT2D eigenvalue weighted by molar-refractivity contribution is 7.85. The van der Waals surface area contributed by atoms with Gasteiger partial charge in [-0.3, -0.25) is 4.21 Å². The van der Waals surface area contributed by atoms with E-state index in [1.165, 1.54) is 0 Å². The molecule has 3 heteroatoms. The van der Waals surface area contributed by atoms with Crippen LogP contribution in [-0.4, -0.2) is 20.7 Å². The molecule has 0 heterocycles. The highest BCUT2D eigenvalue weighted by atomic mass is 32.2. The van der Waals surface area contributed by atoms with Gasteiger partial charge in [0.2, 0.25) is 0 Å². The number of aliphatic hydroxyl groups is 1. The van der Waals surface area contributed by atoms with E-state index >= 15 is 0 Å². The van der Waals surface area contributed by atoms with Crippen molar-refractivity contribution in [1.82, 2.24) is 0 Å². The largest absolute Gasteiger partial charge is 0.392 e. The zero-order valence-corrected chi connectivity index (χ0v) is 8.74. The van der Waals surface area contributed by atoms with Crippen LogP contribution in [0.15, 0.2) is 35.2 Å². The van der Waals surface area contributed by atoms with Gasteiger partial charge in [-0.25, -0.2) is 0 Å². The van der Waals surface area contributed by atoms with Crippen LogP contribution in [-0.2, 0) is 10.8 Å². The van der Waals surface area contributed by atoms with Crippen LogP contribution < -0.4 is 0 Å². The Kier molecular flexibility index (Phi) is 2.99. The SMILES string of the molecule is O=S(c1ccccc1)[C@@H]1CCC[C@H]1O. The van der Waals surface area contributed by atoms with Gasteiger partial charge in [-0.15, -0.1) is 0 Å². The Labute approximate surface area is 86.4 Å². The van der Waals surface area contributed by atoms with Gasteiger partial charge in [-0.1, -0.05) is 18.2 Å². The minimum Gasteiger partial charge on any atom is -0.392 e. The Morgan fingerprint density at radius 2 is 1.93 bits per heavy atom. The van der Waals surface area contributed by atoms with Crippen LogP contribution in [0.5, 0.6) is 0 Å². The summed E-state index contributed by atoms with van der Waals surface area (Å²) in [5.74, 6) is 0. The van der Waals surface area contributed by atoms with Crippen molar-refractivity contribution in [2.45, 2.75) is 35.5 Å². The molecule has 3 atom stereocenters. The van der Waals surface area contributed by atoms with E-state index in [0.29, 0.717) is 0 Å². The van der Waals surface area contributed by atoms with E-state index in [-0.39, 0.29) is 11.4 Å². The fourth-order valence-corrected chi connectivity index (χ4v) is 3.46. The third-order valence-electron chi connectivity index (χ3n) is 2.67. The molecule has 1 aliphatic rings. The molecule has 1 aromatic carbocycles. The van der Waals surface area contributed by atoms with E-state index in [4.69, 9.17) is 0 Å². The molecular weight excluding hydrogens is 196 g/mol. The Balaban J connectivity index is 2.16. The van der Waals surface area contributed by atoms with Crippen molar-refractivity contribution >= 4 is 10.8 Å². The first-order chi connectivity index (χ1) is 6.79. The molecule has 0 saturated heterocycles. The van der Waals surface area contributed by atoms with Crippen LogP contribution in [0, 0.1) is 0 Å². The predicted octanol–water partition coefficient (Wildman–Crippen LogP) is 1.71. The number of hydrogen-bond donors (Lipinski definition) is 1. The zero-order valence-electron chi connectivity index (χ0n) is 7.93. The van der Waals surface area contributed by atoms with E-state index in [2.05, 4.69) is 0 Å². The lowest BCUT2D eigenvalue weighted by atomic mass is 10.3. The molecule has 0 radical (unpaired) electrons. The van der Waals surface area contributed by atoms with Crippen LogP contribution in [0.25, 0.3) is 0 Å². The highest BCUT2D eigenvalue weighted by Crippen LogP contribution is 2.26. The molecule has 0 spiro atoms. The van der Waals surface area contributed by atoms with Gasteiger partial charge in [-0.2, -0.15) is 0 Å². The lowest BCUT2D eigenvalue weighted by molar-refractivity contribution is 0.186. The molecular formula is C11H14O2S. The first kappa shape index (κ1) is 9.87. The normalized spacial score (nSPS) is 28.9. The standard InChI is InChI=1S/C11H14O2S/c12-10-7-4-8-11(10)14(13)9-5-2-1-3-6-9/h1-3,5-6,10-12H,4,7-8H2/t10-,11-,14?/m1/s1. The molecule has 2 nitrogen and oxygen atoms in total. The van der Waals surface area contributed by atoms with Gasteiger partial charge in [0.25, 0.3) is 0 Å². The second-order valence-corrected chi connectivity index (χ2v) is 5.32. The van der Waals surface area contributed by atoms with Gasteiger partial charge >= 0.3 is 0 Å². The first-order valence-corrected chi connectivity index (χ1v) is 6.14. The monoisotopic (exact) mass is 210 g/mol. The molecule has 2 rings (SSSR count). The van der Waals surface area contributed by atoms with Crippen LogP contribution >= 0.6 is 0 Å². The summed E-state index contributed by atoms with van der Waals surface area (Å²) in [7, 11) is -1.04. The van der Waals surface area contributed by atoms with Crippen molar-refractivity contribution in [3.63, 3.8) is 0 Å². The third-order valence-corrected chi connectivity index (χ3v) is 4.50. The molecule has 0 amide bonds. The smallest absolute Gasteiger partial charge is 0.0687 e. The maximum absolute atomic E-state index is 12.0. The summed E-state index contributed by atoms with van der Waals surface area (Å²) in [5.41, 5.74) is 0. The van der Waals surface area contributed by atoms with Crippen molar-refractivity contribution in [3.05, 3.63) is 30.3 Å². The molecule has 1 aliphatic carbocycles. The van der Waals surface area contributed by atoms with Gasteiger partial charge in [0.15, 0.2) is 0 Å². The van der Waals surface area contributed by atoms with Crippen molar-refractivity contribution in [2.24, 2.45) is 0 Å². The van der Waals surface area contributed by atoms with E-state index in [0.717, 1.165) is 24.2 Å². The Morgan fingerprint density at radius 1 is 1.21 bits per heavy atom. The minimum absolute atomic E-state index is 0.0580. The summed E-state index contributed by atoms with van der Waals surface area (Å²) in [6, 6.07) is 9.40. The number of aliphatic hydroxyl groups excluding tert-OH is 1. The Morgan fingerprint density at radius 3 is 2.50 bits per heavy atom. The third kappa shape index (κ3) is 1.88. The fraction of sp³-hybridized carbons (Fsp3) is 0.455. The summed E-state index contributed by atoms with van der Waals surface area (Å²) in [5, 5.41) is 9.57. The summed E-state index contributed by atoms with van der Waals surface area (Å²) in [6.07, 6.45) is 2.28. The molecule has 0 aliphatic heterocycles. The Bertz CT molecular complexity index is 323. The van der Waals surface area contributed by atoms with Gasteiger partial charge in [-0.05, 0) is 31.4 Å². The summed E-state index contributed by atoms with van der Waals surface area (Å²) >= 11 is 0. The van der Waals surface area contributed by atoms with E-state index < -0.39 is 10.8 Å². The summed E-state index contributed by atoms with van der Waals surface area (Å²) < 4.78 is 12.0. The lowest BCUT2D eigenvalue weighted by Crippen LogP contribution is -2.24. The molecule has 76 valence electrons. The second kappa shape index (κ2) is 4.24. The molecule has 0 bridgehead atoms. The molecule has 1 unspecified atom stereocenters. The molecule has 1 N–H and O–H groups in total. The second-order valence-electron chi connectivity index (χ2n) is 3.65. The van der Waals surface area contributed by atoms with Crippen molar-refractivity contribution in [1.29, 1.82) is 0 Å². The van der Waals surface area contributed by atoms with Crippen molar-refractivity contribution in [3.8, 4) is 0 Å². The van der Waals surface area contributed by atoms with Gasteiger partial charge in [0.05, 0.1) is 22.2 Å². The maximum Gasteiger partial charge on any atom is 0.0687 e. The van der Waals surface area contributed by atoms with E-state index in [1.807, 2.05) is 30.3 Å². The average molecular weight is 210 g/mol. The molecule has 1 aromatic rings. The number of benzene rings is 1. The average Bonchev–Trinajstić information content (AvgIpc) is 2.65. The van der Waals surface area contributed by atoms with Crippen LogP contribution in [0.3, 0.4) is 0 Å². The quantitative estimate of drug-likeness (QED) is 0.806. The van der Waals surface area contributed by atoms with Gasteiger partial charge in [0, 0.05) is 4.90 Å². The molecule has 14 heavy (non-hydrogen) atoms. The maximum atomic E-state index is 12.0. The topological polar surface area (TPSA) is 37.3 Å². The minimum atomic E-state index is -1.04. The van der Waals surface area contributed by atoms with Crippen LogP contribution in [0.2, 0.25) is 0 Å². The van der Waals surface area contributed by atoms with Crippen molar-refractivity contribution < 1.29 is 9.32 Å². The van der Waals surface area contributed by atoms with Crippen LogP contribution in [0.4, 0.5) is 0 Å². The van der Waals surface area contributed by atoms with Crippen molar-refractivity contribution in [2.75, 3.05) is 0 Å². The summed E-state index contributed by atoms with van der Waals surface area (Å²) in [4.78, 5) is 0.832. The van der Waals surface area contributed by atoms with Crippen LogP contribution in [0.1, 0.15) is 19.3 Å².